The summed E-state index contributed by atoms with van der Waals surface area (Å²) in [7, 11) is 0. The lowest BCUT2D eigenvalue weighted by atomic mass is 10.2. The number of benzene rings is 2. The van der Waals surface area contributed by atoms with E-state index in [1.165, 1.54) is 24.4 Å². The minimum absolute atomic E-state index is 0.160. The lowest BCUT2D eigenvalue weighted by Crippen LogP contribution is -2.33. The van der Waals surface area contributed by atoms with E-state index in [0.29, 0.717) is 15.8 Å². The van der Waals surface area contributed by atoms with Crippen molar-refractivity contribution in [3.8, 4) is 11.5 Å². The summed E-state index contributed by atoms with van der Waals surface area (Å²) >= 11 is 11.8. The highest BCUT2D eigenvalue weighted by atomic mass is 35.5. The van der Waals surface area contributed by atoms with Gasteiger partial charge in [-0.25, -0.2) is 5.43 Å². The predicted molar refractivity (Wildman–Crippen MR) is 90.4 cm³/mol. The molecule has 1 unspecified atom stereocenters. The van der Waals surface area contributed by atoms with Crippen molar-refractivity contribution in [1.82, 2.24) is 5.43 Å². The first-order valence-electron chi connectivity index (χ1n) is 6.69. The molecule has 1 atom stereocenters. The Kier molecular flexibility index (Phi) is 5.84. The molecule has 7 heteroatoms. The highest BCUT2D eigenvalue weighted by Gasteiger charge is 2.15. The fourth-order valence-corrected chi connectivity index (χ4v) is 2.09. The zero-order valence-corrected chi connectivity index (χ0v) is 13.7. The number of rotatable bonds is 5. The summed E-state index contributed by atoms with van der Waals surface area (Å²) in [6.45, 7) is 1.58. The number of halogens is 2. The summed E-state index contributed by atoms with van der Waals surface area (Å²) in [6, 6.07) is 11.1. The highest BCUT2D eigenvalue weighted by molar-refractivity contribution is 6.35. The molecule has 5 nitrogen and oxygen atoms in total. The number of carbonyl (C=O) groups excluding carboxylic acids is 1. The molecule has 2 aromatic rings. The number of aromatic hydroxyl groups is 1. The van der Waals surface area contributed by atoms with E-state index in [9.17, 15) is 9.90 Å². The first kappa shape index (κ1) is 17.1. The molecule has 0 spiro atoms. The number of hydrogen-bond acceptors (Lipinski definition) is 4. The van der Waals surface area contributed by atoms with Crippen LogP contribution in [0.1, 0.15) is 12.5 Å². The molecule has 0 saturated heterocycles. The van der Waals surface area contributed by atoms with Crippen LogP contribution in [-0.2, 0) is 4.79 Å². The van der Waals surface area contributed by atoms with E-state index in [-0.39, 0.29) is 5.75 Å². The van der Waals surface area contributed by atoms with Crippen molar-refractivity contribution in [2.45, 2.75) is 13.0 Å². The Morgan fingerprint density at radius 2 is 1.96 bits per heavy atom. The van der Waals surface area contributed by atoms with Crippen LogP contribution in [0.2, 0.25) is 10.0 Å². The molecular formula is C16H14Cl2N2O3. The number of nitrogens with one attached hydrogen (secondary N) is 1. The Balaban J connectivity index is 1.90. The number of ether oxygens (including phenoxy) is 1. The number of phenolic OH excluding ortho intramolecular Hbond substituents is 1. The van der Waals surface area contributed by atoms with Crippen molar-refractivity contribution >= 4 is 35.3 Å². The number of hydrazone groups is 1. The van der Waals surface area contributed by atoms with Crippen molar-refractivity contribution in [2.24, 2.45) is 5.10 Å². The van der Waals surface area contributed by atoms with E-state index in [4.69, 9.17) is 27.9 Å². The molecule has 0 saturated carbocycles. The molecule has 0 bridgehead atoms. The minimum Gasteiger partial charge on any atom is -0.508 e. The van der Waals surface area contributed by atoms with E-state index in [0.717, 1.165) is 5.56 Å². The number of hydrogen-bond donors (Lipinski definition) is 2. The van der Waals surface area contributed by atoms with Crippen LogP contribution < -0.4 is 10.2 Å². The third kappa shape index (κ3) is 5.16. The van der Waals surface area contributed by atoms with Crippen LogP contribution in [0, 0.1) is 0 Å². The van der Waals surface area contributed by atoms with Crippen molar-refractivity contribution in [1.29, 1.82) is 0 Å². The van der Waals surface area contributed by atoms with Crippen molar-refractivity contribution in [3.63, 3.8) is 0 Å². The monoisotopic (exact) mass is 352 g/mol. The Morgan fingerprint density at radius 1 is 1.26 bits per heavy atom. The average molecular weight is 353 g/mol. The smallest absolute Gasteiger partial charge is 0.280 e. The molecular weight excluding hydrogens is 339 g/mol. The number of nitrogens with zero attached hydrogens (tertiary/aromatic N) is 1. The quantitative estimate of drug-likeness (QED) is 0.637. The lowest BCUT2D eigenvalue weighted by molar-refractivity contribution is -0.127. The molecule has 0 aliphatic heterocycles. The van der Waals surface area contributed by atoms with Gasteiger partial charge in [-0.05, 0) is 55.0 Å². The van der Waals surface area contributed by atoms with Gasteiger partial charge in [0.1, 0.15) is 11.5 Å². The zero-order chi connectivity index (χ0) is 16.8. The second-order valence-corrected chi connectivity index (χ2v) is 5.50. The van der Waals surface area contributed by atoms with E-state index < -0.39 is 12.0 Å². The summed E-state index contributed by atoms with van der Waals surface area (Å²) in [4.78, 5) is 11.9. The van der Waals surface area contributed by atoms with E-state index in [1.54, 1.807) is 31.2 Å². The third-order valence-corrected chi connectivity index (χ3v) is 3.38. The second kappa shape index (κ2) is 7.85. The number of amides is 1. The Labute approximate surface area is 143 Å². The average Bonchev–Trinajstić information content (AvgIpc) is 2.51. The normalized spacial score (nSPS) is 12.1. The molecule has 1 amide bonds. The third-order valence-electron chi connectivity index (χ3n) is 2.85. The molecule has 2 aromatic carbocycles. The van der Waals surface area contributed by atoms with Gasteiger partial charge in [0, 0.05) is 5.02 Å². The van der Waals surface area contributed by atoms with Crippen LogP contribution in [0.25, 0.3) is 0 Å². The van der Waals surface area contributed by atoms with Gasteiger partial charge in [0.15, 0.2) is 6.10 Å². The largest absolute Gasteiger partial charge is 0.508 e. The Morgan fingerprint density at radius 3 is 2.61 bits per heavy atom. The number of phenols is 1. The van der Waals surface area contributed by atoms with Crippen LogP contribution in [0.15, 0.2) is 47.6 Å². The molecule has 0 aliphatic carbocycles. The lowest BCUT2D eigenvalue weighted by Gasteiger charge is -2.14. The first-order valence-corrected chi connectivity index (χ1v) is 7.45. The van der Waals surface area contributed by atoms with Crippen molar-refractivity contribution in [2.75, 3.05) is 0 Å². The van der Waals surface area contributed by atoms with Crippen LogP contribution in [0.4, 0.5) is 0 Å². The number of carbonyl (C=O) groups is 1. The van der Waals surface area contributed by atoms with E-state index >= 15 is 0 Å². The molecule has 0 aromatic heterocycles. The minimum atomic E-state index is -0.786. The molecule has 23 heavy (non-hydrogen) atoms. The van der Waals surface area contributed by atoms with Crippen molar-refractivity contribution in [3.05, 3.63) is 58.1 Å². The fraction of sp³-hybridized carbons (Fsp3) is 0.125. The molecule has 120 valence electrons. The van der Waals surface area contributed by atoms with Gasteiger partial charge in [-0.15, -0.1) is 0 Å². The summed E-state index contributed by atoms with van der Waals surface area (Å²) in [6.07, 6.45) is 0.671. The standard InChI is InChI=1S/C16H14Cl2N2O3/c1-10(23-15-7-4-12(17)8-14(15)18)16(22)20-19-9-11-2-5-13(21)6-3-11/h2-10,21H,1H3,(H,20,22)/b19-9+. The van der Waals surface area contributed by atoms with Gasteiger partial charge in [-0.2, -0.15) is 5.10 Å². The summed E-state index contributed by atoms with van der Waals surface area (Å²) in [5.74, 6) is 0.0975. The Hall–Kier alpha value is -2.24. The summed E-state index contributed by atoms with van der Waals surface area (Å²) in [5.41, 5.74) is 3.10. The van der Waals surface area contributed by atoms with Gasteiger partial charge < -0.3 is 9.84 Å². The second-order valence-electron chi connectivity index (χ2n) is 4.66. The maximum absolute atomic E-state index is 11.9. The van der Waals surface area contributed by atoms with Crippen LogP contribution in [0.3, 0.4) is 0 Å². The maximum atomic E-state index is 11.9. The van der Waals surface area contributed by atoms with Gasteiger partial charge in [0.2, 0.25) is 0 Å². The van der Waals surface area contributed by atoms with Crippen molar-refractivity contribution < 1.29 is 14.6 Å². The molecule has 0 aliphatic rings. The summed E-state index contributed by atoms with van der Waals surface area (Å²) in [5, 5.41) is 13.8. The maximum Gasteiger partial charge on any atom is 0.280 e. The molecule has 0 radical (unpaired) electrons. The molecule has 0 heterocycles. The first-order chi connectivity index (χ1) is 11.0. The van der Waals surface area contributed by atoms with Gasteiger partial charge in [-0.3, -0.25) is 4.79 Å². The summed E-state index contributed by atoms with van der Waals surface area (Å²) < 4.78 is 5.47. The van der Waals surface area contributed by atoms with E-state index in [2.05, 4.69) is 10.5 Å². The Bertz CT molecular complexity index is 718. The van der Waals surface area contributed by atoms with Crippen LogP contribution in [0.5, 0.6) is 11.5 Å². The zero-order valence-electron chi connectivity index (χ0n) is 12.2. The topological polar surface area (TPSA) is 70.9 Å². The van der Waals surface area contributed by atoms with Gasteiger partial charge in [-0.1, -0.05) is 23.2 Å². The molecule has 2 N–H and O–H groups in total. The van der Waals surface area contributed by atoms with Gasteiger partial charge >= 0.3 is 0 Å². The van der Waals surface area contributed by atoms with Gasteiger partial charge in [0.25, 0.3) is 5.91 Å². The predicted octanol–water partition coefficient (Wildman–Crippen LogP) is 3.62. The SMILES string of the molecule is CC(Oc1ccc(Cl)cc1Cl)C(=O)N/N=C/c1ccc(O)cc1. The molecule has 0 fully saturated rings. The highest BCUT2D eigenvalue weighted by Crippen LogP contribution is 2.28. The molecule has 2 rings (SSSR count). The van der Waals surface area contributed by atoms with E-state index in [1.807, 2.05) is 0 Å². The fourth-order valence-electron chi connectivity index (χ4n) is 1.64. The van der Waals surface area contributed by atoms with Crippen LogP contribution in [-0.4, -0.2) is 23.3 Å². The van der Waals surface area contributed by atoms with Gasteiger partial charge in [0.05, 0.1) is 11.2 Å². The van der Waals surface area contributed by atoms with Crippen LogP contribution >= 0.6 is 23.2 Å².